The summed E-state index contributed by atoms with van der Waals surface area (Å²) >= 11 is 0. The highest BCUT2D eigenvalue weighted by Gasteiger charge is 2.28. The Kier molecular flexibility index (Phi) is 6.56. The van der Waals surface area contributed by atoms with Crippen LogP contribution in [0.5, 0.6) is 0 Å². The van der Waals surface area contributed by atoms with Crippen LogP contribution >= 0.6 is 0 Å². The summed E-state index contributed by atoms with van der Waals surface area (Å²) < 4.78 is 0. The number of piperidine rings is 1. The van der Waals surface area contributed by atoms with Gasteiger partial charge in [0.25, 0.3) is 0 Å². The molecule has 6 heteroatoms. The van der Waals surface area contributed by atoms with Crippen molar-refractivity contribution in [3.05, 3.63) is 0 Å². The zero-order valence-corrected chi connectivity index (χ0v) is 9.57. The average Bonchev–Trinajstić information content (AvgIpc) is 2.22. The maximum absolute atomic E-state index is 10.7. The molecular formula is C10H19N3O3. The summed E-state index contributed by atoms with van der Waals surface area (Å²) in [7, 11) is 0. The van der Waals surface area contributed by atoms with E-state index in [4.69, 9.17) is 21.1 Å². The van der Waals surface area contributed by atoms with Crippen LogP contribution < -0.4 is 11.5 Å². The van der Waals surface area contributed by atoms with E-state index in [1.54, 1.807) is 0 Å². The minimum Gasteiger partial charge on any atom is -0.369 e. The Balaban J connectivity index is 0.000000673. The third-order valence-corrected chi connectivity index (χ3v) is 2.94. The summed E-state index contributed by atoms with van der Waals surface area (Å²) in [5.41, 5.74) is 11.1. The minimum atomic E-state index is -0.239. The third kappa shape index (κ3) is 5.60. The molecule has 0 aromatic rings. The van der Waals surface area contributed by atoms with Crippen molar-refractivity contribution in [3.8, 4) is 0 Å². The third-order valence-electron chi connectivity index (χ3n) is 2.94. The number of nitrogens with zero attached hydrogens (tertiary/aromatic N) is 1. The Morgan fingerprint density at radius 3 is 2.12 bits per heavy atom. The van der Waals surface area contributed by atoms with Crippen LogP contribution in [0.4, 0.5) is 0 Å². The van der Waals surface area contributed by atoms with Gasteiger partial charge in [-0.15, -0.1) is 0 Å². The second-order valence-corrected chi connectivity index (χ2v) is 4.34. The molecule has 4 N–H and O–H groups in total. The fourth-order valence-electron chi connectivity index (χ4n) is 1.68. The van der Waals surface area contributed by atoms with Crippen LogP contribution in [0.15, 0.2) is 0 Å². The molecule has 1 saturated heterocycles. The average molecular weight is 229 g/mol. The Hall–Kier alpha value is -1.23. The highest BCUT2D eigenvalue weighted by Crippen LogP contribution is 2.28. The summed E-state index contributed by atoms with van der Waals surface area (Å²) in [6.07, 6.45) is 2.38. The van der Waals surface area contributed by atoms with E-state index in [-0.39, 0.29) is 17.5 Å². The summed E-state index contributed by atoms with van der Waals surface area (Å²) in [5.74, 6) is -0.239. The van der Waals surface area contributed by atoms with Gasteiger partial charge >= 0.3 is 6.15 Å². The first-order valence-corrected chi connectivity index (χ1v) is 5.17. The molecular weight excluding hydrogens is 210 g/mol. The number of carbonyl (C=O) groups is 1. The van der Waals surface area contributed by atoms with Gasteiger partial charge in [-0.25, -0.2) is 0 Å². The van der Waals surface area contributed by atoms with Crippen molar-refractivity contribution in [2.45, 2.75) is 19.8 Å². The minimum absolute atomic E-state index is 0.239. The molecule has 0 saturated carbocycles. The van der Waals surface area contributed by atoms with Crippen molar-refractivity contribution in [1.29, 1.82) is 0 Å². The van der Waals surface area contributed by atoms with Crippen LogP contribution in [-0.2, 0) is 14.4 Å². The van der Waals surface area contributed by atoms with E-state index >= 15 is 0 Å². The van der Waals surface area contributed by atoms with Gasteiger partial charge in [-0.05, 0) is 37.9 Å². The predicted molar refractivity (Wildman–Crippen MR) is 57.0 cm³/mol. The predicted octanol–water partition coefficient (Wildman–Crippen LogP) is -1.05. The molecule has 1 rings (SSSR count). The zero-order valence-electron chi connectivity index (χ0n) is 9.57. The first-order valence-electron chi connectivity index (χ1n) is 5.17. The SMILES string of the molecule is CC1(CN)CCN(CC(N)=O)CC1.O=C=O. The van der Waals surface area contributed by atoms with Crippen LogP contribution in [0.1, 0.15) is 19.8 Å². The van der Waals surface area contributed by atoms with Gasteiger partial charge in [0, 0.05) is 0 Å². The maximum atomic E-state index is 10.7. The largest absolute Gasteiger partial charge is 0.373 e. The van der Waals surface area contributed by atoms with Crippen molar-refractivity contribution < 1.29 is 14.4 Å². The molecule has 6 nitrogen and oxygen atoms in total. The Morgan fingerprint density at radius 1 is 1.38 bits per heavy atom. The number of primary amides is 1. The van der Waals surface area contributed by atoms with Crippen molar-refractivity contribution in [2.24, 2.45) is 16.9 Å². The summed E-state index contributed by atoms with van der Waals surface area (Å²) in [4.78, 5) is 29.0. The number of hydrogen-bond donors (Lipinski definition) is 2. The van der Waals surface area contributed by atoms with Crippen LogP contribution in [-0.4, -0.2) is 43.1 Å². The number of amides is 1. The van der Waals surface area contributed by atoms with Crippen molar-refractivity contribution in [2.75, 3.05) is 26.2 Å². The molecule has 1 amide bonds. The monoisotopic (exact) mass is 229 g/mol. The Bertz CT molecular complexity index is 254. The molecule has 1 aliphatic rings. The highest BCUT2D eigenvalue weighted by atomic mass is 16.2. The van der Waals surface area contributed by atoms with Gasteiger partial charge in [-0.2, -0.15) is 9.59 Å². The smallest absolute Gasteiger partial charge is 0.369 e. The lowest BCUT2D eigenvalue weighted by molar-refractivity contribution is -0.191. The lowest BCUT2D eigenvalue weighted by atomic mass is 9.80. The molecule has 1 fully saturated rings. The van der Waals surface area contributed by atoms with Gasteiger partial charge in [0.15, 0.2) is 0 Å². The van der Waals surface area contributed by atoms with Gasteiger partial charge in [0.2, 0.25) is 5.91 Å². The number of rotatable bonds is 3. The summed E-state index contributed by atoms with van der Waals surface area (Å²) in [6, 6.07) is 0. The van der Waals surface area contributed by atoms with Gasteiger partial charge < -0.3 is 11.5 Å². The van der Waals surface area contributed by atoms with Crippen LogP contribution in [0.2, 0.25) is 0 Å². The van der Waals surface area contributed by atoms with E-state index in [9.17, 15) is 4.79 Å². The highest BCUT2D eigenvalue weighted by molar-refractivity contribution is 5.75. The van der Waals surface area contributed by atoms with Crippen LogP contribution in [0.25, 0.3) is 0 Å². The first-order chi connectivity index (χ1) is 7.47. The van der Waals surface area contributed by atoms with Crippen LogP contribution in [0.3, 0.4) is 0 Å². The molecule has 1 aliphatic heterocycles. The normalized spacial score (nSPS) is 19.1. The molecule has 0 aliphatic carbocycles. The molecule has 0 bridgehead atoms. The number of nitrogens with two attached hydrogens (primary N) is 2. The number of hydrogen-bond acceptors (Lipinski definition) is 5. The number of likely N-dealkylation sites (tertiary alicyclic amines) is 1. The van der Waals surface area contributed by atoms with Gasteiger partial charge in [-0.1, -0.05) is 6.92 Å². The van der Waals surface area contributed by atoms with E-state index in [1.807, 2.05) is 0 Å². The topological polar surface area (TPSA) is 106 Å². The quantitative estimate of drug-likeness (QED) is 0.642. The second kappa shape index (κ2) is 7.11. The molecule has 0 unspecified atom stereocenters. The first kappa shape index (κ1) is 14.8. The van der Waals surface area contributed by atoms with Crippen molar-refractivity contribution in [3.63, 3.8) is 0 Å². The molecule has 0 aromatic carbocycles. The standard InChI is InChI=1S/C9H19N3O.CO2/c1-9(7-10)2-4-12(5-3-9)6-8(11)13;2-1-3/h2-7,10H2,1H3,(H2,11,13);. The maximum Gasteiger partial charge on any atom is 0.373 e. The molecule has 0 aromatic heterocycles. The molecule has 1 heterocycles. The second-order valence-electron chi connectivity index (χ2n) is 4.34. The fourth-order valence-corrected chi connectivity index (χ4v) is 1.68. The summed E-state index contributed by atoms with van der Waals surface area (Å²) in [6.45, 7) is 5.21. The number of carbonyl (C=O) groups excluding carboxylic acids is 3. The molecule has 0 spiro atoms. The van der Waals surface area contributed by atoms with E-state index in [0.29, 0.717) is 6.54 Å². The van der Waals surface area contributed by atoms with E-state index in [2.05, 4.69) is 11.8 Å². The molecule has 16 heavy (non-hydrogen) atoms. The van der Waals surface area contributed by atoms with E-state index in [1.165, 1.54) is 0 Å². The van der Waals surface area contributed by atoms with Crippen molar-refractivity contribution >= 4 is 12.1 Å². The summed E-state index contributed by atoms with van der Waals surface area (Å²) in [5, 5.41) is 0. The lowest BCUT2D eigenvalue weighted by Crippen LogP contribution is -2.45. The Morgan fingerprint density at radius 2 is 1.81 bits per heavy atom. The zero-order chi connectivity index (χ0) is 12.6. The van der Waals surface area contributed by atoms with Crippen molar-refractivity contribution in [1.82, 2.24) is 4.90 Å². The fraction of sp³-hybridized carbons (Fsp3) is 0.800. The van der Waals surface area contributed by atoms with E-state index in [0.717, 1.165) is 32.5 Å². The molecule has 0 atom stereocenters. The van der Waals surface area contributed by atoms with Crippen LogP contribution in [0, 0.1) is 5.41 Å². The van der Waals surface area contributed by atoms with Gasteiger partial charge in [0.05, 0.1) is 6.54 Å². The molecule has 0 radical (unpaired) electrons. The van der Waals surface area contributed by atoms with Gasteiger partial charge in [-0.3, -0.25) is 9.69 Å². The van der Waals surface area contributed by atoms with Gasteiger partial charge in [0.1, 0.15) is 0 Å². The van der Waals surface area contributed by atoms with E-state index < -0.39 is 0 Å². The Labute approximate surface area is 94.9 Å². The molecule has 92 valence electrons. The lowest BCUT2D eigenvalue weighted by Gasteiger charge is -2.38.